The van der Waals surface area contributed by atoms with Gasteiger partial charge in [0.15, 0.2) is 15.9 Å². The number of fused-ring (bicyclic) bond motifs is 1. The first-order valence-corrected chi connectivity index (χ1v) is 10.7. The van der Waals surface area contributed by atoms with Crippen molar-refractivity contribution in [2.24, 2.45) is 17.1 Å². The molecule has 3 atom stereocenters. The van der Waals surface area contributed by atoms with E-state index in [9.17, 15) is 26.4 Å². The fraction of sp³-hybridized carbons (Fsp3) is 0.556. The van der Waals surface area contributed by atoms with Crippen LogP contribution in [0.3, 0.4) is 0 Å². The second-order valence-electron chi connectivity index (χ2n) is 7.52. The molecule has 2 fully saturated rings. The van der Waals surface area contributed by atoms with Crippen molar-refractivity contribution < 1.29 is 31.1 Å². The van der Waals surface area contributed by atoms with Crippen LogP contribution in [0.15, 0.2) is 23.1 Å². The number of halogens is 3. The van der Waals surface area contributed by atoms with Crippen LogP contribution in [-0.4, -0.2) is 56.2 Å². The molecule has 3 N–H and O–H groups in total. The van der Waals surface area contributed by atoms with Crippen LogP contribution in [0.5, 0.6) is 5.75 Å². The number of hydrogen-bond acceptors (Lipinski definition) is 5. The summed E-state index contributed by atoms with van der Waals surface area (Å²) in [6.45, 7) is 2.71. The highest BCUT2D eigenvalue weighted by Crippen LogP contribution is 2.57. The molecule has 1 amide bonds. The van der Waals surface area contributed by atoms with Crippen molar-refractivity contribution in [3.63, 3.8) is 0 Å². The minimum atomic E-state index is -4.65. The maximum absolute atomic E-state index is 13.1. The SMILES string of the molecule is CCS(=O)(=O)c1ccc(O[C@H](C)C(F)(F)F)c(C(=O)N2CC3CC3(C(=N)N)C2)c1. The zero-order chi connectivity index (χ0) is 21.8. The number of amides is 1. The highest BCUT2D eigenvalue weighted by molar-refractivity contribution is 7.91. The maximum atomic E-state index is 13.1. The standard InChI is InChI=1S/C18H22F3N3O4S/c1-3-29(26,27)12-4-5-14(28-10(2)18(19,20)21)13(6-12)15(25)24-8-11-7-17(11,9-24)16(22)23/h4-6,10-11H,3,7-9H2,1-2H3,(H3,22,23)/t10-,11?,17?/m1/s1. The predicted molar refractivity (Wildman–Crippen MR) is 98.7 cm³/mol. The lowest BCUT2D eigenvalue weighted by atomic mass is 10.1. The Kier molecular flexibility index (Phi) is 5.09. The number of benzene rings is 1. The average molecular weight is 433 g/mol. The van der Waals surface area contributed by atoms with Gasteiger partial charge in [0.05, 0.1) is 22.0 Å². The minimum Gasteiger partial charge on any atom is -0.480 e. The number of nitrogens with one attached hydrogen (secondary N) is 1. The topological polar surface area (TPSA) is 114 Å². The van der Waals surface area contributed by atoms with Gasteiger partial charge in [-0.2, -0.15) is 13.2 Å². The lowest BCUT2D eigenvalue weighted by Gasteiger charge is -2.24. The Hall–Kier alpha value is -2.30. The summed E-state index contributed by atoms with van der Waals surface area (Å²) in [5.41, 5.74) is 4.80. The molecule has 0 radical (unpaired) electrons. The van der Waals surface area contributed by atoms with Crippen molar-refractivity contribution >= 4 is 21.6 Å². The van der Waals surface area contributed by atoms with E-state index in [1.807, 2.05) is 0 Å². The molecule has 3 rings (SSSR count). The monoisotopic (exact) mass is 433 g/mol. The molecule has 1 aliphatic carbocycles. The zero-order valence-electron chi connectivity index (χ0n) is 15.9. The molecule has 1 aliphatic heterocycles. The van der Waals surface area contributed by atoms with Crippen molar-refractivity contribution in [3.05, 3.63) is 23.8 Å². The zero-order valence-corrected chi connectivity index (χ0v) is 16.7. The van der Waals surface area contributed by atoms with Crippen molar-refractivity contribution in [2.75, 3.05) is 18.8 Å². The number of alkyl halides is 3. The number of ether oxygens (including phenoxy) is 1. The van der Waals surface area contributed by atoms with Gasteiger partial charge in [0.1, 0.15) is 5.75 Å². The molecule has 1 aromatic rings. The summed E-state index contributed by atoms with van der Waals surface area (Å²) in [6.07, 6.45) is -6.15. The van der Waals surface area contributed by atoms with Crippen molar-refractivity contribution in [3.8, 4) is 5.75 Å². The van der Waals surface area contributed by atoms with Gasteiger partial charge >= 0.3 is 6.18 Å². The van der Waals surface area contributed by atoms with E-state index in [0.717, 1.165) is 25.1 Å². The largest absolute Gasteiger partial charge is 0.480 e. The van der Waals surface area contributed by atoms with Crippen LogP contribution >= 0.6 is 0 Å². The number of carbonyl (C=O) groups is 1. The number of rotatable bonds is 6. The normalized spacial score (nSPS) is 24.7. The number of likely N-dealkylation sites (tertiary alicyclic amines) is 1. The lowest BCUT2D eigenvalue weighted by molar-refractivity contribution is -0.189. The van der Waals surface area contributed by atoms with Crippen LogP contribution < -0.4 is 10.5 Å². The van der Waals surface area contributed by atoms with Crippen molar-refractivity contribution in [1.82, 2.24) is 4.90 Å². The number of carbonyl (C=O) groups excluding carboxylic acids is 1. The highest BCUT2D eigenvalue weighted by Gasteiger charge is 2.63. The molecule has 2 unspecified atom stereocenters. The molecule has 1 saturated carbocycles. The Labute approximate surface area is 166 Å². The molecule has 0 aromatic heterocycles. The minimum absolute atomic E-state index is 0.0257. The average Bonchev–Trinajstić information content (AvgIpc) is 3.22. The van der Waals surface area contributed by atoms with Crippen LogP contribution in [0.25, 0.3) is 0 Å². The van der Waals surface area contributed by atoms with E-state index in [1.165, 1.54) is 11.8 Å². The molecule has 29 heavy (non-hydrogen) atoms. The van der Waals surface area contributed by atoms with E-state index in [2.05, 4.69) is 0 Å². The van der Waals surface area contributed by atoms with Gasteiger partial charge in [-0.3, -0.25) is 10.2 Å². The quantitative estimate of drug-likeness (QED) is 0.528. The summed E-state index contributed by atoms with van der Waals surface area (Å²) >= 11 is 0. The van der Waals surface area contributed by atoms with Crippen LogP contribution in [0.1, 0.15) is 30.6 Å². The molecule has 1 heterocycles. The molecule has 1 aromatic carbocycles. The molecule has 0 bridgehead atoms. The summed E-state index contributed by atoms with van der Waals surface area (Å²) in [5.74, 6) is -1.20. The summed E-state index contributed by atoms with van der Waals surface area (Å²) in [4.78, 5) is 14.3. The first kappa shape index (κ1) is 21.4. The molecule has 7 nitrogen and oxygen atoms in total. The van der Waals surface area contributed by atoms with E-state index < -0.39 is 33.4 Å². The Morgan fingerprint density at radius 1 is 1.45 bits per heavy atom. The van der Waals surface area contributed by atoms with Crippen molar-refractivity contribution in [1.29, 1.82) is 5.41 Å². The van der Waals surface area contributed by atoms with E-state index in [0.29, 0.717) is 13.0 Å². The van der Waals surface area contributed by atoms with Gasteiger partial charge in [-0.15, -0.1) is 0 Å². The molecular weight excluding hydrogens is 411 g/mol. The fourth-order valence-electron chi connectivity index (χ4n) is 3.62. The predicted octanol–water partition coefficient (Wildman–Crippen LogP) is 2.21. The smallest absolute Gasteiger partial charge is 0.425 e. The van der Waals surface area contributed by atoms with E-state index in [4.69, 9.17) is 15.9 Å². The summed E-state index contributed by atoms with van der Waals surface area (Å²) in [5, 5.41) is 7.72. The Bertz CT molecular complexity index is 964. The highest BCUT2D eigenvalue weighted by atomic mass is 32.2. The fourth-order valence-corrected chi connectivity index (χ4v) is 4.53. The van der Waals surface area contributed by atoms with Gasteiger partial charge in [-0.25, -0.2) is 8.42 Å². The number of piperidine rings is 1. The number of sulfone groups is 1. The van der Waals surface area contributed by atoms with Gasteiger partial charge in [-0.05, 0) is 37.5 Å². The number of amidine groups is 1. The van der Waals surface area contributed by atoms with Crippen LogP contribution in [-0.2, 0) is 9.84 Å². The number of hydrogen-bond donors (Lipinski definition) is 2. The Morgan fingerprint density at radius 3 is 2.62 bits per heavy atom. The third-order valence-corrected chi connectivity index (χ3v) is 7.39. The summed E-state index contributed by atoms with van der Waals surface area (Å²) in [7, 11) is -3.68. The van der Waals surface area contributed by atoms with Crippen LogP contribution in [0.4, 0.5) is 13.2 Å². The second-order valence-corrected chi connectivity index (χ2v) is 9.80. The van der Waals surface area contributed by atoms with Crippen molar-refractivity contribution in [2.45, 2.75) is 37.4 Å². The lowest BCUT2D eigenvalue weighted by Crippen LogP contribution is -2.37. The van der Waals surface area contributed by atoms with Gasteiger partial charge in [-0.1, -0.05) is 6.92 Å². The van der Waals surface area contributed by atoms with Gasteiger partial charge in [0.2, 0.25) is 0 Å². The first-order chi connectivity index (χ1) is 13.3. The van der Waals surface area contributed by atoms with E-state index >= 15 is 0 Å². The molecule has 11 heteroatoms. The maximum Gasteiger partial charge on any atom is 0.425 e. The number of nitrogens with two attached hydrogens (primary N) is 1. The molecule has 1 saturated heterocycles. The van der Waals surface area contributed by atoms with Crippen LogP contribution in [0, 0.1) is 16.7 Å². The number of nitrogens with zero attached hydrogens (tertiary/aromatic N) is 1. The first-order valence-electron chi connectivity index (χ1n) is 9.06. The molecule has 160 valence electrons. The van der Waals surface area contributed by atoms with E-state index in [1.54, 1.807) is 0 Å². The van der Waals surface area contributed by atoms with Crippen LogP contribution in [0.2, 0.25) is 0 Å². The summed E-state index contributed by atoms with van der Waals surface area (Å²) < 4.78 is 68.2. The third-order valence-electron chi connectivity index (χ3n) is 5.65. The molecule has 0 spiro atoms. The van der Waals surface area contributed by atoms with Gasteiger partial charge < -0.3 is 15.4 Å². The Morgan fingerprint density at radius 2 is 2.10 bits per heavy atom. The third kappa shape index (κ3) is 3.79. The Balaban J connectivity index is 1.96. The summed E-state index contributed by atoms with van der Waals surface area (Å²) in [6, 6.07) is 3.27. The second kappa shape index (κ2) is 6.89. The molecular formula is C18H22F3N3O4S. The van der Waals surface area contributed by atoms with Gasteiger partial charge in [0.25, 0.3) is 5.91 Å². The van der Waals surface area contributed by atoms with E-state index in [-0.39, 0.29) is 40.3 Å². The molecule has 2 aliphatic rings. The van der Waals surface area contributed by atoms with Gasteiger partial charge in [0, 0.05) is 18.5 Å².